The van der Waals surface area contributed by atoms with E-state index in [1.807, 2.05) is 30.5 Å². The predicted molar refractivity (Wildman–Crippen MR) is 261 cm³/mol. The van der Waals surface area contributed by atoms with Gasteiger partial charge in [-0.2, -0.15) is 0 Å². The van der Waals surface area contributed by atoms with Crippen LogP contribution in [-0.4, -0.2) is 15.3 Å². The Morgan fingerprint density at radius 2 is 1.23 bits per heavy atom. The van der Waals surface area contributed by atoms with Gasteiger partial charge in [-0.1, -0.05) is 134 Å². The van der Waals surface area contributed by atoms with Gasteiger partial charge in [0.2, 0.25) is 0 Å². The van der Waals surface area contributed by atoms with Gasteiger partial charge in [0.05, 0.1) is 22.2 Å². The summed E-state index contributed by atoms with van der Waals surface area (Å²) in [7, 11) is 0. The highest BCUT2D eigenvalue weighted by Crippen LogP contribution is 2.42. The molecule has 4 aromatic heterocycles. The maximum Gasteiger partial charge on any atom is 0.136 e. The molecule has 12 rings (SSSR count). The number of allylic oxidation sites excluding steroid dienone is 1. The molecule has 0 bridgehead atoms. The van der Waals surface area contributed by atoms with Gasteiger partial charge >= 0.3 is 0 Å². The third-order valence-corrected chi connectivity index (χ3v) is 12.4. The molecule has 0 amide bonds. The number of hydrogen-bond donors (Lipinski definition) is 0. The van der Waals surface area contributed by atoms with E-state index in [2.05, 4.69) is 186 Å². The van der Waals surface area contributed by atoms with E-state index in [9.17, 15) is 0 Å². The molecular weight excluding hydrogens is 759 g/mol. The van der Waals surface area contributed by atoms with Gasteiger partial charge in [-0.15, -0.1) is 0 Å². The second kappa shape index (κ2) is 14.3. The van der Waals surface area contributed by atoms with Crippen LogP contribution >= 0.6 is 0 Å². The summed E-state index contributed by atoms with van der Waals surface area (Å²) in [4.78, 5) is 5.24. The molecule has 0 unspecified atom stereocenters. The summed E-state index contributed by atoms with van der Waals surface area (Å²) >= 11 is 0. The van der Waals surface area contributed by atoms with Crippen LogP contribution in [-0.2, 0) is 6.67 Å². The van der Waals surface area contributed by atoms with Crippen molar-refractivity contribution in [1.29, 1.82) is 0 Å². The zero-order valence-electron chi connectivity index (χ0n) is 34.0. The Balaban J connectivity index is 1.01. The number of aromatic nitrogens is 2. The third-order valence-electron chi connectivity index (χ3n) is 12.4. The number of aliphatic imine (C=N–C) groups is 1. The van der Waals surface area contributed by atoms with Crippen LogP contribution in [0.1, 0.15) is 23.7 Å². The van der Waals surface area contributed by atoms with E-state index < -0.39 is 0 Å². The van der Waals surface area contributed by atoms with Crippen molar-refractivity contribution in [3.63, 3.8) is 0 Å². The Kier molecular flexibility index (Phi) is 8.22. The van der Waals surface area contributed by atoms with E-state index >= 15 is 0 Å². The first-order chi connectivity index (χ1) is 30.7. The van der Waals surface area contributed by atoms with E-state index in [1.54, 1.807) is 0 Å². The van der Waals surface area contributed by atoms with Crippen molar-refractivity contribution in [3.8, 4) is 27.9 Å². The molecular formula is C57H39N3O2. The second-order valence-corrected chi connectivity index (χ2v) is 15.8. The molecule has 0 spiro atoms. The lowest BCUT2D eigenvalue weighted by molar-refractivity contribution is 0.669. The molecule has 4 heterocycles. The van der Waals surface area contributed by atoms with E-state index in [4.69, 9.17) is 13.8 Å². The number of nitrogens with zero attached hydrogens (tertiary/aromatic N) is 3. The van der Waals surface area contributed by atoms with Crippen molar-refractivity contribution in [2.75, 3.05) is 0 Å². The fourth-order valence-electron chi connectivity index (χ4n) is 9.71. The van der Waals surface area contributed by atoms with Crippen molar-refractivity contribution in [3.05, 3.63) is 199 Å². The van der Waals surface area contributed by atoms with Crippen molar-refractivity contribution >= 4 is 95.0 Å². The van der Waals surface area contributed by atoms with Gasteiger partial charge in [0, 0.05) is 60.7 Å². The average molecular weight is 798 g/mol. The van der Waals surface area contributed by atoms with Gasteiger partial charge in [-0.25, -0.2) is 0 Å². The summed E-state index contributed by atoms with van der Waals surface area (Å²) in [5.74, 6) is 0. The predicted octanol–water partition coefficient (Wildman–Crippen LogP) is 15.6. The molecule has 0 aliphatic carbocycles. The maximum absolute atomic E-state index is 6.50. The van der Waals surface area contributed by atoms with Crippen LogP contribution in [0.4, 0.5) is 0 Å². The van der Waals surface area contributed by atoms with Crippen molar-refractivity contribution in [2.45, 2.75) is 13.6 Å². The highest BCUT2D eigenvalue weighted by Gasteiger charge is 2.22. The number of para-hydroxylation sites is 2. The number of fused-ring (bicyclic) bond motifs is 11. The molecule has 0 radical (unpaired) electrons. The molecule has 0 saturated heterocycles. The second-order valence-electron chi connectivity index (χ2n) is 15.8. The van der Waals surface area contributed by atoms with Gasteiger partial charge < -0.3 is 18.0 Å². The van der Waals surface area contributed by atoms with E-state index in [0.29, 0.717) is 6.67 Å². The van der Waals surface area contributed by atoms with Crippen molar-refractivity contribution < 1.29 is 8.83 Å². The highest BCUT2D eigenvalue weighted by atomic mass is 16.3. The Morgan fingerprint density at radius 3 is 2.02 bits per heavy atom. The van der Waals surface area contributed by atoms with Gasteiger partial charge in [0.15, 0.2) is 0 Å². The van der Waals surface area contributed by atoms with Crippen molar-refractivity contribution in [1.82, 2.24) is 9.13 Å². The first-order valence-corrected chi connectivity index (χ1v) is 21.0. The number of furan rings is 2. The third kappa shape index (κ3) is 5.45. The molecule has 0 atom stereocenters. The van der Waals surface area contributed by atoms with E-state index in [0.717, 1.165) is 105 Å². The first kappa shape index (κ1) is 35.8. The largest absolute Gasteiger partial charge is 0.456 e. The van der Waals surface area contributed by atoms with Crippen LogP contribution in [0, 0.1) is 0 Å². The molecule has 5 heteroatoms. The summed E-state index contributed by atoms with van der Waals surface area (Å²) in [5.41, 5.74) is 15.7. The molecule has 8 aromatic carbocycles. The topological polar surface area (TPSA) is 48.5 Å². The lowest BCUT2D eigenvalue weighted by Gasteiger charge is -2.12. The lowest BCUT2D eigenvalue weighted by atomic mass is 9.96. The SMILES string of the molecule is C=Cc1c(/C=C\C)n(-c2ccccc2)c2c1ccc1c3ccccc3n(C/N=C/c3cccc4oc5ccc(-c6cccc7oc8ccc(-c9ccccc9)cc8c67)cc5c34)c12. The molecule has 12 aromatic rings. The minimum absolute atomic E-state index is 0.420. The van der Waals surface area contributed by atoms with E-state index in [1.165, 1.54) is 16.3 Å². The van der Waals surface area contributed by atoms with Crippen LogP contribution < -0.4 is 0 Å². The maximum atomic E-state index is 6.50. The molecule has 5 nitrogen and oxygen atoms in total. The standard InChI is InChI=1S/C57H39N3O2/c1-3-15-49-41(4-2)44-28-29-45-43-21-11-12-23-48(43)59(56(45)57(44)60(49)40-19-9-6-10-20-40)35-58-34-39-18-13-24-52-54(39)46-33-38(27-31-50(46)61-52)42-22-14-25-53-55(42)47-32-37(26-30-51(47)62-53)36-16-7-5-8-17-36/h3-34H,2,35H2,1H3/b15-3-,58-34+. The molecule has 0 aliphatic heterocycles. The molecule has 62 heavy (non-hydrogen) atoms. The fraction of sp³-hybridized carbons (Fsp3) is 0.0351. The average Bonchev–Trinajstić information content (AvgIpc) is 4.07. The fourth-order valence-corrected chi connectivity index (χ4v) is 9.71. The molecule has 294 valence electrons. The highest BCUT2D eigenvalue weighted by molar-refractivity contribution is 6.20. The Hall–Kier alpha value is -8.15. The summed E-state index contributed by atoms with van der Waals surface area (Å²) in [6.07, 6.45) is 8.27. The Labute approximate surface area is 357 Å². The van der Waals surface area contributed by atoms with Crippen molar-refractivity contribution in [2.24, 2.45) is 4.99 Å². The summed E-state index contributed by atoms with van der Waals surface area (Å²) < 4.78 is 17.7. The lowest BCUT2D eigenvalue weighted by Crippen LogP contribution is -2.01. The monoisotopic (exact) mass is 797 g/mol. The van der Waals surface area contributed by atoms with Crippen LogP contribution in [0.2, 0.25) is 0 Å². The number of benzene rings is 8. The Bertz CT molecular complexity index is 3800. The Morgan fingerprint density at radius 1 is 0.548 bits per heavy atom. The summed E-state index contributed by atoms with van der Waals surface area (Å²) in [6.45, 7) is 6.76. The smallest absolute Gasteiger partial charge is 0.136 e. The molecule has 0 N–H and O–H groups in total. The number of rotatable bonds is 8. The summed E-state index contributed by atoms with van der Waals surface area (Å²) in [6, 6.07) is 59.8. The van der Waals surface area contributed by atoms with Crippen LogP contribution in [0.25, 0.3) is 117 Å². The molecule has 0 aliphatic rings. The molecule has 0 fully saturated rings. The molecule has 0 saturated carbocycles. The van der Waals surface area contributed by atoms with Crippen LogP contribution in [0.5, 0.6) is 0 Å². The first-order valence-electron chi connectivity index (χ1n) is 21.0. The minimum atomic E-state index is 0.420. The van der Waals surface area contributed by atoms with Gasteiger partial charge in [0.1, 0.15) is 29.0 Å². The minimum Gasteiger partial charge on any atom is -0.456 e. The van der Waals surface area contributed by atoms with Crippen LogP contribution in [0.15, 0.2) is 196 Å². The van der Waals surface area contributed by atoms with Gasteiger partial charge in [-0.3, -0.25) is 4.99 Å². The normalized spacial score (nSPS) is 12.3. The van der Waals surface area contributed by atoms with E-state index in [-0.39, 0.29) is 0 Å². The van der Waals surface area contributed by atoms with Gasteiger partial charge in [-0.05, 0) is 89.9 Å². The quantitative estimate of drug-likeness (QED) is 0.144. The zero-order chi connectivity index (χ0) is 41.3. The number of hydrogen-bond acceptors (Lipinski definition) is 3. The van der Waals surface area contributed by atoms with Gasteiger partial charge in [0.25, 0.3) is 0 Å². The van der Waals surface area contributed by atoms with Crippen LogP contribution in [0.3, 0.4) is 0 Å². The summed E-state index contributed by atoms with van der Waals surface area (Å²) in [5, 5.41) is 7.82. The zero-order valence-corrected chi connectivity index (χ0v) is 34.0.